The first-order valence-electron chi connectivity index (χ1n) is 11.5. The van der Waals surface area contributed by atoms with Gasteiger partial charge in [-0.1, -0.05) is 68.3 Å². The Hall–Kier alpha value is -3.99. The van der Waals surface area contributed by atoms with Crippen LogP contribution in [0.1, 0.15) is 37.7 Å². The van der Waals surface area contributed by atoms with Gasteiger partial charge in [0.15, 0.2) is 11.7 Å². The fourth-order valence-electron chi connectivity index (χ4n) is 4.05. The van der Waals surface area contributed by atoms with Gasteiger partial charge in [0.05, 0.1) is 28.0 Å². The second-order valence-electron chi connectivity index (χ2n) is 9.87. The van der Waals surface area contributed by atoms with Crippen LogP contribution >= 0.6 is 0 Å². The number of nitrogens with zero attached hydrogens (tertiary/aromatic N) is 4. The van der Waals surface area contributed by atoms with E-state index in [9.17, 15) is 0 Å². The third-order valence-electron chi connectivity index (χ3n) is 6.07. The van der Waals surface area contributed by atoms with Crippen LogP contribution in [0.15, 0.2) is 88.5 Å². The van der Waals surface area contributed by atoms with Crippen molar-refractivity contribution in [2.75, 3.05) is 0 Å². The lowest BCUT2D eigenvalue weighted by molar-refractivity contribution is 0.500. The summed E-state index contributed by atoms with van der Waals surface area (Å²) in [6.45, 7) is 10.5. The van der Waals surface area contributed by atoms with Gasteiger partial charge in [0, 0.05) is 11.1 Å². The van der Waals surface area contributed by atoms with Crippen molar-refractivity contribution < 1.29 is 0 Å². The quantitative estimate of drug-likeness (QED) is 0.370. The summed E-state index contributed by atoms with van der Waals surface area (Å²) >= 11 is 0. The molecule has 0 spiro atoms. The van der Waals surface area contributed by atoms with Gasteiger partial charge in [-0.15, -0.1) is 0 Å². The van der Waals surface area contributed by atoms with Crippen molar-refractivity contribution in [1.29, 1.82) is 0 Å². The summed E-state index contributed by atoms with van der Waals surface area (Å²) < 4.78 is 2.09. The summed E-state index contributed by atoms with van der Waals surface area (Å²) in [6, 6.07) is 24.5. The smallest absolute Gasteiger partial charge is 0.166 e. The Bertz CT molecular complexity index is 1470. The molecule has 0 fully saturated rings. The fourth-order valence-corrected chi connectivity index (χ4v) is 4.05. The molecule has 0 radical (unpaired) electrons. The topological polar surface area (TPSA) is 68.6 Å². The van der Waals surface area contributed by atoms with Gasteiger partial charge in [0.25, 0.3) is 0 Å². The van der Waals surface area contributed by atoms with E-state index >= 15 is 0 Å². The van der Waals surface area contributed by atoms with Crippen molar-refractivity contribution >= 4 is 39.5 Å². The Balaban J connectivity index is 1.86. The van der Waals surface area contributed by atoms with Crippen LogP contribution in [0.4, 0.5) is 11.4 Å². The number of imidazole rings is 1. The lowest BCUT2D eigenvalue weighted by Gasteiger charge is -2.21. The van der Waals surface area contributed by atoms with Crippen LogP contribution in [0.3, 0.4) is 0 Å². The van der Waals surface area contributed by atoms with Gasteiger partial charge in [0.2, 0.25) is 0 Å². The van der Waals surface area contributed by atoms with E-state index in [4.69, 9.17) is 20.7 Å². The van der Waals surface area contributed by atoms with Gasteiger partial charge in [-0.3, -0.25) is 4.57 Å². The molecular formula is C29H29N5. The predicted octanol–water partition coefficient (Wildman–Crippen LogP) is 6.73. The van der Waals surface area contributed by atoms with Crippen molar-refractivity contribution in [1.82, 2.24) is 9.55 Å². The number of allylic oxidation sites excluding steroid dienone is 2. The van der Waals surface area contributed by atoms with Gasteiger partial charge in [-0.05, 0) is 50.2 Å². The molecule has 0 bridgehead atoms. The van der Waals surface area contributed by atoms with Gasteiger partial charge >= 0.3 is 0 Å². The molecule has 3 aromatic carbocycles. The summed E-state index contributed by atoms with van der Waals surface area (Å²) in [7, 11) is 0. The van der Waals surface area contributed by atoms with Crippen LogP contribution in [0.25, 0.3) is 16.6 Å². The third-order valence-corrected chi connectivity index (χ3v) is 6.07. The van der Waals surface area contributed by atoms with E-state index in [-0.39, 0.29) is 5.41 Å². The van der Waals surface area contributed by atoms with Crippen LogP contribution < -0.4 is 5.73 Å². The molecule has 5 nitrogen and oxygen atoms in total. The molecule has 0 saturated heterocycles. The highest BCUT2D eigenvalue weighted by molar-refractivity contribution is 6.62. The standard InChI is InChI=1S/C29H29N5/c1-18-10-14-20(15-11-18)31-25-24(26(30)29(3,4)5)27-33-22-8-6-7-9-23(22)34(27)28(25)32-21-16-12-19(2)13-17-21/h6-17H,30H2,1-5H3/b26-24-,31-25?,32-28?. The molecule has 0 unspecified atom stereocenters. The molecule has 5 heteroatoms. The van der Waals surface area contributed by atoms with Crippen molar-refractivity contribution in [3.63, 3.8) is 0 Å². The molecule has 1 aromatic heterocycles. The minimum atomic E-state index is -0.272. The normalized spacial score (nSPS) is 17.6. The van der Waals surface area contributed by atoms with Crippen molar-refractivity contribution in [3.8, 4) is 0 Å². The maximum Gasteiger partial charge on any atom is 0.166 e. The Morgan fingerprint density at radius 1 is 0.794 bits per heavy atom. The van der Waals surface area contributed by atoms with Crippen molar-refractivity contribution in [2.45, 2.75) is 34.6 Å². The second-order valence-corrected chi connectivity index (χ2v) is 9.87. The molecule has 0 atom stereocenters. The number of aryl methyl sites for hydroxylation is 2. The molecule has 5 rings (SSSR count). The van der Waals surface area contributed by atoms with Crippen molar-refractivity contribution in [2.24, 2.45) is 21.1 Å². The van der Waals surface area contributed by atoms with E-state index in [1.807, 2.05) is 42.5 Å². The molecule has 0 saturated carbocycles. The monoisotopic (exact) mass is 447 g/mol. The summed E-state index contributed by atoms with van der Waals surface area (Å²) in [6.07, 6.45) is 0. The highest BCUT2D eigenvalue weighted by atomic mass is 15.2. The molecule has 1 aliphatic rings. The molecule has 170 valence electrons. The molecule has 2 heterocycles. The number of benzene rings is 3. The molecule has 1 aliphatic heterocycles. The number of nitrogens with two attached hydrogens (primary N) is 1. The van der Waals surface area contributed by atoms with Crippen LogP contribution in [0.5, 0.6) is 0 Å². The summed E-state index contributed by atoms with van der Waals surface area (Å²) in [5.41, 5.74) is 14.9. The maximum absolute atomic E-state index is 6.83. The Kier molecular flexibility index (Phi) is 5.20. The van der Waals surface area contributed by atoms with Crippen LogP contribution in [0.2, 0.25) is 0 Å². The van der Waals surface area contributed by atoms with Gasteiger partial charge in [0.1, 0.15) is 5.71 Å². The maximum atomic E-state index is 6.83. The molecule has 2 N–H and O–H groups in total. The first-order valence-corrected chi connectivity index (χ1v) is 11.5. The van der Waals surface area contributed by atoms with Gasteiger partial charge in [-0.25, -0.2) is 15.0 Å². The zero-order chi connectivity index (χ0) is 24.0. The fraction of sp³-hybridized carbons (Fsp3) is 0.207. The Labute approximate surface area is 200 Å². The van der Waals surface area contributed by atoms with E-state index in [0.717, 1.165) is 51.1 Å². The lowest BCUT2D eigenvalue weighted by Crippen LogP contribution is -2.22. The summed E-state index contributed by atoms with van der Waals surface area (Å²) in [5, 5.41) is 0. The van der Waals surface area contributed by atoms with Crippen molar-refractivity contribution in [3.05, 3.63) is 95.4 Å². The van der Waals surface area contributed by atoms with E-state index in [0.29, 0.717) is 0 Å². The Morgan fingerprint density at radius 3 is 1.94 bits per heavy atom. The largest absolute Gasteiger partial charge is 0.401 e. The molecule has 0 aliphatic carbocycles. The minimum Gasteiger partial charge on any atom is -0.401 e. The minimum absolute atomic E-state index is 0.272. The average molecular weight is 448 g/mol. The number of hydrogen-bond donors (Lipinski definition) is 1. The first-order chi connectivity index (χ1) is 16.2. The number of aromatic nitrogens is 2. The zero-order valence-electron chi connectivity index (χ0n) is 20.3. The zero-order valence-corrected chi connectivity index (χ0v) is 20.3. The number of fused-ring (bicyclic) bond motifs is 3. The SMILES string of the molecule is Cc1ccc(N=C2C(=Nc3ccc(C)cc3)n3c(nc4ccccc43)/C2=C(\N)C(C)(C)C)cc1. The molecule has 0 amide bonds. The molecule has 4 aromatic rings. The number of aliphatic imine (C=N–C) groups is 2. The van der Waals surface area contributed by atoms with Crippen LogP contribution in [0, 0.1) is 19.3 Å². The predicted molar refractivity (Wildman–Crippen MR) is 142 cm³/mol. The van der Waals surface area contributed by atoms with E-state index in [2.05, 4.69) is 69.5 Å². The number of rotatable bonds is 2. The van der Waals surface area contributed by atoms with E-state index in [1.54, 1.807) is 0 Å². The summed E-state index contributed by atoms with van der Waals surface area (Å²) in [4.78, 5) is 15.2. The highest BCUT2D eigenvalue weighted by Crippen LogP contribution is 2.37. The van der Waals surface area contributed by atoms with Crippen LogP contribution in [-0.2, 0) is 0 Å². The second kappa shape index (κ2) is 8.10. The molecule has 34 heavy (non-hydrogen) atoms. The number of hydrogen-bond acceptors (Lipinski definition) is 4. The lowest BCUT2D eigenvalue weighted by atomic mass is 9.88. The number of para-hydroxylation sites is 2. The Morgan fingerprint density at radius 2 is 1.35 bits per heavy atom. The molecular weight excluding hydrogens is 418 g/mol. The van der Waals surface area contributed by atoms with E-state index in [1.165, 1.54) is 11.1 Å². The third kappa shape index (κ3) is 3.83. The highest BCUT2D eigenvalue weighted by Gasteiger charge is 2.37. The van der Waals surface area contributed by atoms with Gasteiger partial charge < -0.3 is 5.73 Å². The van der Waals surface area contributed by atoms with Gasteiger partial charge in [-0.2, -0.15) is 0 Å². The first kappa shape index (κ1) is 21.8. The van der Waals surface area contributed by atoms with E-state index < -0.39 is 0 Å². The van der Waals surface area contributed by atoms with Crippen LogP contribution in [-0.4, -0.2) is 21.1 Å². The summed E-state index contributed by atoms with van der Waals surface area (Å²) in [5.74, 6) is 1.51. The average Bonchev–Trinajstić information content (AvgIpc) is 3.30.